The van der Waals surface area contributed by atoms with Gasteiger partial charge < -0.3 is 19.9 Å². The van der Waals surface area contributed by atoms with Crippen LogP contribution in [0, 0.1) is 5.92 Å². The van der Waals surface area contributed by atoms with Crippen LogP contribution in [0.5, 0.6) is 0 Å². The predicted molar refractivity (Wildman–Crippen MR) is 105 cm³/mol. The van der Waals surface area contributed by atoms with Gasteiger partial charge in [0.2, 0.25) is 5.91 Å². The van der Waals surface area contributed by atoms with Gasteiger partial charge in [-0.15, -0.1) is 0 Å². The molecule has 3 aliphatic heterocycles. The summed E-state index contributed by atoms with van der Waals surface area (Å²) in [6.45, 7) is 7.34. The number of aromatic nitrogens is 1. The average molecular weight is 387 g/mol. The Bertz CT molecular complexity index is 741. The van der Waals surface area contributed by atoms with E-state index in [2.05, 4.69) is 20.1 Å². The van der Waals surface area contributed by atoms with Crippen LogP contribution in [-0.2, 0) is 9.53 Å². The lowest BCUT2D eigenvalue weighted by molar-refractivity contribution is -0.137. The van der Waals surface area contributed by atoms with E-state index in [0.717, 1.165) is 32.8 Å². The van der Waals surface area contributed by atoms with Crippen molar-refractivity contribution in [1.29, 1.82) is 0 Å². The number of likely N-dealkylation sites (tertiary alicyclic amines) is 1. The van der Waals surface area contributed by atoms with Gasteiger partial charge in [0, 0.05) is 64.7 Å². The first-order valence-electron chi connectivity index (χ1n) is 10.1. The molecule has 1 N–H and O–H groups in total. The molecule has 0 radical (unpaired) electrons. The maximum atomic E-state index is 12.9. The van der Waals surface area contributed by atoms with Crippen LogP contribution >= 0.6 is 0 Å². The van der Waals surface area contributed by atoms with Crippen molar-refractivity contribution in [2.45, 2.75) is 25.4 Å². The number of fused-ring (bicyclic) bond motifs is 1. The largest absolute Gasteiger partial charge is 0.379 e. The fourth-order valence-corrected chi connectivity index (χ4v) is 4.52. The first kappa shape index (κ1) is 19.1. The van der Waals surface area contributed by atoms with Crippen molar-refractivity contribution in [1.82, 2.24) is 20.1 Å². The number of hydrogen-bond acceptors (Lipinski definition) is 6. The predicted octanol–water partition coefficient (Wildman–Crippen LogP) is 0.548. The quantitative estimate of drug-likeness (QED) is 0.816. The summed E-state index contributed by atoms with van der Waals surface area (Å²) in [4.78, 5) is 36.3. The first-order valence-corrected chi connectivity index (χ1v) is 10.1. The molecular weight excluding hydrogens is 358 g/mol. The molecule has 0 bridgehead atoms. The minimum absolute atomic E-state index is 0.0341. The van der Waals surface area contributed by atoms with E-state index < -0.39 is 5.66 Å². The highest BCUT2D eigenvalue weighted by molar-refractivity contribution is 6.01. The highest BCUT2D eigenvalue weighted by atomic mass is 16.5. The molecule has 0 unspecified atom stereocenters. The lowest BCUT2D eigenvalue weighted by atomic mass is 9.91. The number of piperidine rings is 1. The van der Waals surface area contributed by atoms with Gasteiger partial charge in [-0.05, 0) is 12.1 Å². The number of rotatable bonds is 3. The maximum Gasteiger partial charge on any atom is 0.256 e. The summed E-state index contributed by atoms with van der Waals surface area (Å²) >= 11 is 0. The maximum absolute atomic E-state index is 12.9. The van der Waals surface area contributed by atoms with Crippen LogP contribution in [-0.4, -0.2) is 85.2 Å². The summed E-state index contributed by atoms with van der Waals surface area (Å²) in [5, 5.41) is 3.18. The van der Waals surface area contributed by atoms with Crippen LogP contribution in [0.4, 0.5) is 5.82 Å². The fraction of sp³-hybridized carbons (Fsp3) is 0.650. The summed E-state index contributed by atoms with van der Waals surface area (Å²) < 4.78 is 5.38. The normalized spacial score (nSPS) is 23.3. The molecule has 0 saturated carbocycles. The Balaban J connectivity index is 1.39. The van der Waals surface area contributed by atoms with E-state index in [1.165, 1.54) is 0 Å². The van der Waals surface area contributed by atoms with Gasteiger partial charge in [-0.25, -0.2) is 4.98 Å². The number of anilines is 1. The Morgan fingerprint density at radius 3 is 2.71 bits per heavy atom. The molecule has 2 fully saturated rings. The molecule has 3 aliphatic rings. The van der Waals surface area contributed by atoms with Crippen molar-refractivity contribution in [2.24, 2.45) is 5.92 Å². The highest BCUT2D eigenvalue weighted by Gasteiger charge is 2.45. The average Bonchev–Trinajstić information content (AvgIpc) is 2.73. The summed E-state index contributed by atoms with van der Waals surface area (Å²) in [6, 6.07) is 3.58. The van der Waals surface area contributed by atoms with Gasteiger partial charge in [0.15, 0.2) is 0 Å². The smallest absolute Gasteiger partial charge is 0.256 e. The molecule has 1 aromatic rings. The summed E-state index contributed by atoms with van der Waals surface area (Å²) in [5.41, 5.74) is 0.135. The van der Waals surface area contributed by atoms with Crippen LogP contribution in [0.15, 0.2) is 18.3 Å². The van der Waals surface area contributed by atoms with E-state index in [1.54, 1.807) is 18.3 Å². The molecule has 1 aromatic heterocycles. The van der Waals surface area contributed by atoms with Crippen LogP contribution in [0.1, 0.15) is 30.1 Å². The highest BCUT2D eigenvalue weighted by Crippen LogP contribution is 2.35. The van der Waals surface area contributed by atoms with Crippen molar-refractivity contribution in [3.8, 4) is 0 Å². The van der Waals surface area contributed by atoms with Crippen molar-refractivity contribution >= 4 is 17.6 Å². The third-order valence-corrected chi connectivity index (χ3v) is 6.30. The third-order valence-electron chi connectivity index (χ3n) is 6.30. The van der Waals surface area contributed by atoms with E-state index in [0.29, 0.717) is 37.3 Å². The second kappa shape index (κ2) is 7.67. The SMILES string of the molecule is C[C@H](CN1CCOCC1)C(=O)N1CCC2(CC1)NC(=O)c1cccnc1N2C. The molecule has 152 valence electrons. The van der Waals surface area contributed by atoms with Crippen molar-refractivity contribution < 1.29 is 14.3 Å². The van der Waals surface area contributed by atoms with Crippen molar-refractivity contribution in [3.63, 3.8) is 0 Å². The number of ether oxygens (including phenoxy) is 1. The van der Waals surface area contributed by atoms with Crippen molar-refractivity contribution in [3.05, 3.63) is 23.9 Å². The molecule has 0 aromatic carbocycles. The van der Waals surface area contributed by atoms with Gasteiger partial charge >= 0.3 is 0 Å². The van der Waals surface area contributed by atoms with E-state index in [9.17, 15) is 9.59 Å². The number of hydrogen-bond donors (Lipinski definition) is 1. The van der Waals surface area contributed by atoms with Crippen LogP contribution < -0.4 is 10.2 Å². The van der Waals surface area contributed by atoms with Crippen LogP contribution in [0.3, 0.4) is 0 Å². The molecule has 1 spiro atoms. The fourth-order valence-electron chi connectivity index (χ4n) is 4.52. The zero-order valence-electron chi connectivity index (χ0n) is 16.7. The van der Waals surface area contributed by atoms with Crippen molar-refractivity contribution in [2.75, 3.05) is 57.9 Å². The number of amides is 2. The van der Waals surface area contributed by atoms with Gasteiger partial charge in [-0.1, -0.05) is 6.92 Å². The summed E-state index contributed by atoms with van der Waals surface area (Å²) in [5.74, 6) is 0.797. The Morgan fingerprint density at radius 2 is 2.00 bits per heavy atom. The number of carbonyl (C=O) groups is 2. The van der Waals surface area contributed by atoms with E-state index in [4.69, 9.17) is 4.74 Å². The lowest BCUT2D eigenvalue weighted by Crippen LogP contribution is -2.67. The summed E-state index contributed by atoms with van der Waals surface area (Å²) in [6.07, 6.45) is 3.11. The first-order chi connectivity index (χ1) is 13.5. The lowest BCUT2D eigenvalue weighted by Gasteiger charge is -2.50. The Hall–Kier alpha value is -2.19. The molecule has 4 heterocycles. The van der Waals surface area contributed by atoms with Gasteiger partial charge in [-0.3, -0.25) is 14.5 Å². The van der Waals surface area contributed by atoms with Gasteiger partial charge in [0.25, 0.3) is 5.91 Å². The molecule has 2 amide bonds. The van der Waals surface area contributed by atoms with E-state index in [-0.39, 0.29) is 17.7 Å². The van der Waals surface area contributed by atoms with Gasteiger partial charge in [0.1, 0.15) is 11.5 Å². The van der Waals surface area contributed by atoms with E-state index >= 15 is 0 Å². The zero-order valence-corrected chi connectivity index (χ0v) is 16.7. The Kier molecular flexibility index (Phi) is 5.25. The summed E-state index contributed by atoms with van der Waals surface area (Å²) in [7, 11) is 1.98. The molecule has 8 heteroatoms. The zero-order chi connectivity index (χ0) is 19.7. The molecule has 0 aliphatic carbocycles. The van der Waals surface area contributed by atoms with E-state index in [1.807, 2.05) is 18.9 Å². The molecular formula is C20H29N5O3. The molecule has 1 atom stereocenters. The number of morpholine rings is 1. The van der Waals surface area contributed by atoms with Gasteiger partial charge in [-0.2, -0.15) is 0 Å². The number of nitrogens with one attached hydrogen (secondary N) is 1. The molecule has 28 heavy (non-hydrogen) atoms. The second-order valence-electron chi connectivity index (χ2n) is 8.06. The Labute approximate surface area is 165 Å². The van der Waals surface area contributed by atoms with Crippen LogP contribution in [0.2, 0.25) is 0 Å². The number of carbonyl (C=O) groups excluding carboxylic acids is 2. The third kappa shape index (κ3) is 3.46. The number of nitrogens with zero attached hydrogens (tertiary/aromatic N) is 4. The molecule has 4 rings (SSSR count). The Morgan fingerprint density at radius 1 is 1.29 bits per heavy atom. The minimum atomic E-state index is -0.470. The standard InChI is InChI=1S/C20H29N5O3/c1-15(14-24-10-12-28-13-11-24)19(27)25-8-5-20(6-9-25)22-18(26)16-4-3-7-21-17(16)23(20)2/h3-4,7,15H,5-6,8-14H2,1-2H3,(H,22,26)/t15-/m1/s1. The second-order valence-corrected chi connectivity index (χ2v) is 8.06. The number of pyridine rings is 1. The van der Waals surface area contributed by atoms with Crippen LogP contribution in [0.25, 0.3) is 0 Å². The topological polar surface area (TPSA) is 78.0 Å². The molecule has 8 nitrogen and oxygen atoms in total. The monoisotopic (exact) mass is 387 g/mol. The molecule has 2 saturated heterocycles. The van der Waals surface area contributed by atoms with Gasteiger partial charge in [0.05, 0.1) is 18.8 Å². The minimum Gasteiger partial charge on any atom is -0.379 e.